The Kier molecular flexibility index (Phi) is 5.90. The van der Waals surface area contributed by atoms with E-state index in [2.05, 4.69) is 24.4 Å². The fourth-order valence-corrected chi connectivity index (χ4v) is 2.41. The van der Waals surface area contributed by atoms with Crippen LogP contribution >= 0.6 is 0 Å². The van der Waals surface area contributed by atoms with Crippen LogP contribution in [0.25, 0.3) is 0 Å². The Hall–Kier alpha value is -1.71. The number of benzene rings is 2. The van der Waals surface area contributed by atoms with E-state index in [9.17, 15) is 4.39 Å². The zero-order chi connectivity index (χ0) is 15.1. The predicted molar refractivity (Wildman–Crippen MR) is 83.8 cm³/mol. The van der Waals surface area contributed by atoms with E-state index in [0.29, 0.717) is 6.61 Å². The molecule has 0 radical (unpaired) electrons. The van der Waals surface area contributed by atoms with Gasteiger partial charge in [0.15, 0.2) is 0 Å². The minimum atomic E-state index is -0.213. The number of hydrogen-bond acceptors (Lipinski definition) is 2. The van der Waals surface area contributed by atoms with Crippen molar-refractivity contribution in [2.24, 2.45) is 0 Å². The second kappa shape index (κ2) is 7.91. The Balaban J connectivity index is 2.28. The Morgan fingerprint density at radius 1 is 1.00 bits per heavy atom. The van der Waals surface area contributed by atoms with Gasteiger partial charge in [0.05, 0.1) is 12.6 Å². The number of ether oxygens (including phenoxy) is 1. The van der Waals surface area contributed by atoms with Crippen LogP contribution in [0.1, 0.15) is 30.5 Å². The molecule has 0 heterocycles. The van der Waals surface area contributed by atoms with Gasteiger partial charge in [0.2, 0.25) is 0 Å². The summed E-state index contributed by atoms with van der Waals surface area (Å²) in [6, 6.07) is 17.2. The Labute approximate surface area is 126 Å². The molecule has 2 atom stereocenters. The first-order chi connectivity index (χ1) is 10.2. The van der Waals surface area contributed by atoms with Crippen LogP contribution in [0.4, 0.5) is 4.39 Å². The molecular weight excluding hydrogens is 265 g/mol. The van der Waals surface area contributed by atoms with Crippen LogP contribution < -0.4 is 5.32 Å². The number of halogens is 1. The topological polar surface area (TPSA) is 21.3 Å². The summed E-state index contributed by atoms with van der Waals surface area (Å²) in [5, 5.41) is 3.61. The van der Waals surface area contributed by atoms with Gasteiger partial charge in [-0.15, -0.1) is 0 Å². The molecule has 0 amide bonds. The van der Waals surface area contributed by atoms with E-state index in [4.69, 9.17) is 4.74 Å². The molecule has 0 aliphatic carbocycles. The van der Waals surface area contributed by atoms with E-state index in [-0.39, 0.29) is 17.9 Å². The van der Waals surface area contributed by atoms with E-state index in [1.54, 1.807) is 7.11 Å². The molecule has 2 nitrogen and oxygen atoms in total. The average molecular weight is 287 g/mol. The zero-order valence-electron chi connectivity index (χ0n) is 12.6. The van der Waals surface area contributed by atoms with Crippen LogP contribution in [0.15, 0.2) is 54.6 Å². The normalized spacial score (nSPS) is 13.9. The third-order valence-corrected chi connectivity index (χ3v) is 3.60. The van der Waals surface area contributed by atoms with Crippen LogP contribution in [0.3, 0.4) is 0 Å². The van der Waals surface area contributed by atoms with Gasteiger partial charge in [-0.05, 0) is 29.7 Å². The van der Waals surface area contributed by atoms with Crippen LogP contribution in [0.2, 0.25) is 0 Å². The lowest BCUT2D eigenvalue weighted by molar-refractivity contribution is 0.161. The van der Waals surface area contributed by atoms with E-state index < -0.39 is 0 Å². The first-order valence-corrected chi connectivity index (χ1v) is 7.30. The molecule has 0 spiro atoms. The maximum absolute atomic E-state index is 13.2. The number of methoxy groups -OCH3 is 1. The zero-order valence-corrected chi connectivity index (χ0v) is 12.6. The molecule has 21 heavy (non-hydrogen) atoms. The molecule has 2 aromatic carbocycles. The first-order valence-electron chi connectivity index (χ1n) is 7.30. The molecule has 2 rings (SSSR count). The second-order valence-corrected chi connectivity index (χ2v) is 5.12. The van der Waals surface area contributed by atoms with Gasteiger partial charge >= 0.3 is 0 Å². The van der Waals surface area contributed by atoms with Crippen molar-refractivity contribution in [2.75, 3.05) is 13.7 Å². The quantitative estimate of drug-likeness (QED) is 0.833. The number of hydrogen-bond donors (Lipinski definition) is 1. The highest BCUT2D eigenvalue weighted by Crippen LogP contribution is 2.23. The van der Waals surface area contributed by atoms with E-state index in [1.807, 2.05) is 30.3 Å². The van der Waals surface area contributed by atoms with Crippen LogP contribution in [-0.4, -0.2) is 19.8 Å². The highest BCUT2D eigenvalue weighted by molar-refractivity contribution is 5.32. The van der Waals surface area contributed by atoms with Crippen molar-refractivity contribution in [3.8, 4) is 0 Å². The minimum Gasteiger partial charge on any atom is -0.383 e. The van der Waals surface area contributed by atoms with Gasteiger partial charge in [0, 0.05) is 13.2 Å². The monoisotopic (exact) mass is 287 g/mol. The molecule has 0 aromatic heterocycles. The molecule has 112 valence electrons. The van der Waals surface area contributed by atoms with Crippen molar-refractivity contribution in [3.05, 3.63) is 71.5 Å². The van der Waals surface area contributed by atoms with Gasteiger partial charge in [-0.2, -0.15) is 0 Å². The molecule has 1 N–H and O–H groups in total. The Morgan fingerprint density at radius 3 is 2.19 bits per heavy atom. The Morgan fingerprint density at radius 2 is 1.62 bits per heavy atom. The molecule has 2 aromatic rings. The van der Waals surface area contributed by atoms with Gasteiger partial charge in [-0.1, -0.05) is 49.4 Å². The van der Waals surface area contributed by atoms with Crippen molar-refractivity contribution < 1.29 is 9.13 Å². The maximum atomic E-state index is 13.2. The lowest BCUT2D eigenvalue weighted by Crippen LogP contribution is -2.36. The molecular formula is C18H22FNO. The molecule has 2 unspecified atom stereocenters. The summed E-state index contributed by atoms with van der Waals surface area (Å²) in [7, 11) is 1.71. The molecule has 0 fully saturated rings. The van der Waals surface area contributed by atoms with Crippen LogP contribution in [-0.2, 0) is 4.74 Å². The van der Waals surface area contributed by atoms with Gasteiger partial charge in [-0.3, -0.25) is 0 Å². The molecule has 0 saturated heterocycles. The maximum Gasteiger partial charge on any atom is 0.123 e. The first kappa shape index (κ1) is 15.7. The lowest BCUT2D eigenvalue weighted by atomic mass is 9.97. The van der Waals surface area contributed by atoms with Crippen LogP contribution in [0, 0.1) is 5.82 Å². The molecule has 0 saturated carbocycles. The largest absolute Gasteiger partial charge is 0.383 e. The lowest BCUT2D eigenvalue weighted by Gasteiger charge is -2.25. The summed E-state index contributed by atoms with van der Waals surface area (Å²) < 4.78 is 18.4. The Bertz CT molecular complexity index is 527. The summed E-state index contributed by atoms with van der Waals surface area (Å²) in [4.78, 5) is 0. The van der Waals surface area contributed by atoms with E-state index in [1.165, 1.54) is 17.7 Å². The van der Waals surface area contributed by atoms with E-state index >= 15 is 0 Å². The number of rotatable bonds is 7. The summed E-state index contributed by atoms with van der Waals surface area (Å²) >= 11 is 0. The highest BCUT2D eigenvalue weighted by Gasteiger charge is 2.17. The summed E-state index contributed by atoms with van der Waals surface area (Å²) in [5.41, 5.74) is 2.22. The summed E-state index contributed by atoms with van der Waals surface area (Å²) in [6.45, 7) is 2.78. The fourth-order valence-electron chi connectivity index (χ4n) is 2.41. The van der Waals surface area contributed by atoms with Gasteiger partial charge < -0.3 is 10.1 Å². The minimum absolute atomic E-state index is 0.0342. The van der Waals surface area contributed by atoms with Gasteiger partial charge in [0.1, 0.15) is 5.82 Å². The SMILES string of the molecule is CCC(COC)NC(c1ccccc1)c1ccc(F)cc1. The molecule has 0 bridgehead atoms. The van der Waals surface area contributed by atoms with Crippen molar-refractivity contribution in [1.82, 2.24) is 5.32 Å². The molecule has 0 aliphatic heterocycles. The van der Waals surface area contributed by atoms with Gasteiger partial charge in [-0.25, -0.2) is 4.39 Å². The highest BCUT2D eigenvalue weighted by atomic mass is 19.1. The van der Waals surface area contributed by atoms with Crippen molar-refractivity contribution >= 4 is 0 Å². The smallest absolute Gasteiger partial charge is 0.123 e. The fraction of sp³-hybridized carbons (Fsp3) is 0.333. The van der Waals surface area contributed by atoms with Crippen molar-refractivity contribution in [3.63, 3.8) is 0 Å². The van der Waals surface area contributed by atoms with E-state index in [0.717, 1.165) is 12.0 Å². The molecule has 3 heteroatoms. The summed E-state index contributed by atoms with van der Waals surface area (Å²) in [6.07, 6.45) is 0.971. The standard InChI is InChI=1S/C18H22FNO/c1-3-17(13-21-2)20-18(14-7-5-4-6-8-14)15-9-11-16(19)12-10-15/h4-12,17-18,20H,3,13H2,1-2H3. The number of nitrogens with one attached hydrogen (secondary N) is 1. The average Bonchev–Trinajstić information content (AvgIpc) is 2.53. The van der Waals surface area contributed by atoms with Gasteiger partial charge in [0.25, 0.3) is 0 Å². The third-order valence-electron chi connectivity index (χ3n) is 3.60. The van der Waals surface area contributed by atoms with Crippen molar-refractivity contribution in [1.29, 1.82) is 0 Å². The molecule has 0 aliphatic rings. The third kappa shape index (κ3) is 4.38. The summed E-state index contributed by atoms with van der Waals surface area (Å²) in [5.74, 6) is -0.213. The van der Waals surface area contributed by atoms with Crippen LogP contribution in [0.5, 0.6) is 0 Å². The van der Waals surface area contributed by atoms with Crippen molar-refractivity contribution in [2.45, 2.75) is 25.4 Å². The second-order valence-electron chi connectivity index (χ2n) is 5.12. The predicted octanol–water partition coefficient (Wildman–Crippen LogP) is 3.93.